The van der Waals surface area contributed by atoms with Crippen LogP contribution in [0, 0.1) is 0 Å². The lowest BCUT2D eigenvalue weighted by atomic mass is 9.86. The van der Waals surface area contributed by atoms with E-state index < -0.39 is 23.8 Å². The lowest BCUT2D eigenvalue weighted by Crippen LogP contribution is -2.12. The van der Waals surface area contributed by atoms with E-state index in [-0.39, 0.29) is 5.78 Å². The molecule has 0 heterocycles. The van der Waals surface area contributed by atoms with Gasteiger partial charge in [-0.2, -0.15) is 0 Å². The van der Waals surface area contributed by atoms with Gasteiger partial charge < -0.3 is 10.2 Å². The molecule has 2 N–H and O–H groups in total. The highest BCUT2D eigenvalue weighted by Crippen LogP contribution is 2.29. The number of allylic oxidation sites excluding steroid dienone is 2. The minimum absolute atomic E-state index is 0.0252. The molecule has 1 aliphatic rings. The summed E-state index contributed by atoms with van der Waals surface area (Å²) in [5, 5.41) is 18.3. The molecule has 5 nitrogen and oxygen atoms in total. The number of aliphatic carboxylic acids is 2. The summed E-state index contributed by atoms with van der Waals surface area (Å²) < 4.78 is 0. The van der Waals surface area contributed by atoms with Gasteiger partial charge in [0.25, 0.3) is 0 Å². The molecule has 0 saturated heterocycles. The van der Waals surface area contributed by atoms with Gasteiger partial charge in [0, 0.05) is 11.1 Å². The summed E-state index contributed by atoms with van der Waals surface area (Å²) in [6, 6.07) is 14.5. The third kappa shape index (κ3) is 5.37. The van der Waals surface area contributed by atoms with Crippen LogP contribution in [0.3, 0.4) is 0 Å². The van der Waals surface area contributed by atoms with Crippen LogP contribution in [0.2, 0.25) is 0 Å². The molecule has 1 saturated carbocycles. The topological polar surface area (TPSA) is 91.7 Å². The van der Waals surface area contributed by atoms with Gasteiger partial charge in [-0.25, -0.2) is 0 Å². The molecule has 3 rings (SSSR count). The van der Waals surface area contributed by atoms with Gasteiger partial charge >= 0.3 is 11.9 Å². The predicted molar refractivity (Wildman–Crippen MR) is 120 cm³/mol. The van der Waals surface area contributed by atoms with Crippen molar-refractivity contribution >= 4 is 29.9 Å². The Morgan fingerprint density at radius 3 is 1.42 bits per heavy atom. The molecule has 0 bridgehead atoms. The normalized spacial score (nSPS) is 18.7. The number of carbonyl (C=O) groups is 3. The van der Waals surface area contributed by atoms with E-state index in [2.05, 4.69) is 0 Å². The second-order valence-corrected chi connectivity index (χ2v) is 7.98. The van der Waals surface area contributed by atoms with Crippen molar-refractivity contribution in [3.63, 3.8) is 0 Å². The van der Waals surface area contributed by atoms with Crippen LogP contribution in [-0.2, 0) is 14.4 Å². The highest BCUT2D eigenvalue weighted by Gasteiger charge is 2.21. The molecular formula is C26H26O5. The molecule has 2 aromatic carbocycles. The van der Waals surface area contributed by atoms with Crippen LogP contribution < -0.4 is 0 Å². The minimum Gasteiger partial charge on any atom is -0.481 e. The minimum atomic E-state index is -0.867. The molecule has 1 aliphatic carbocycles. The molecule has 2 unspecified atom stereocenters. The summed E-state index contributed by atoms with van der Waals surface area (Å²) in [7, 11) is 0. The van der Waals surface area contributed by atoms with E-state index in [1.54, 1.807) is 38.1 Å². The average molecular weight is 418 g/mol. The maximum absolute atomic E-state index is 13.0. The highest BCUT2D eigenvalue weighted by molar-refractivity contribution is 6.13. The number of Topliss-reactive ketones (excluding diaryl/α,β-unsaturated/α-hetero) is 1. The van der Waals surface area contributed by atoms with E-state index in [0.29, 0.717) is 12.8 Å². The Hall–Kier alpha value is -3.47. The Labute approximate surface area is 181 Å². The monoisotopic (exact) mass is 418 g/mol. The molecule has 160 valence electrons. The molecule has 0 spiro atoms. The van der Waals surface area contributed by atoms with Crippen LogP contribution in [0.25, 0.3) is 12.2 Å². The number of hydrogen-bond acceptors (Lipinski definition) is 3. The fraction of sp³-hybridized carbons (Fsp3) is 0.269. The highest BCUT2D eigenvalue weighted by atomic mass is 16.4. The summed E-state index contributed by atoms with van der Waals surface area (Å²) in [6.45, 7) is 3.29. The van der Waals surface area contributed by atoms with E-state index >= 15 is 0 Å². The van der Waals surface area contributed by atoms with Crippen molar-refractivity contribution in [2.75, 3.05) is 0 Å². The average Bonchev–Trinajstić information content (AvgIpc) is 2.76. The van der Waals surface area contributed by atoms with Crippen LogP contribution in [0.15, 0.2) is 59.7 Å². The Morgan fingerprint density at radius 1 is 0.742 bits per heavy atom. The number of hydrogen-bond donors (Lipinski definition) is 2. The number of benzene rings is 2. The number of carbonyl (C=O) groups excluding carboxylic acids is 1. The summed E-state index contributed by atoms with van der Waals surface area (Å²) in [6.07, 6.45) is 6.05. The first kappa shape index (κ1) is 22.2. The number of carboxylic acid groups (broad SMARTS) is 2. The Morgan fingerprint density at radius 2 is 1.10 bits per heavy atom. The zero-order valence-corrected chi connectivity index (χ0v) is 17.7. The third-order valence-corrected chi connectivity index (χ3v) is 5.77. The van der Waals surface area contributed by atoms with Crippen LogP contribution in [-0.4, -0.2) is 27.9 Å². The zero-order chi connectivity index (χ0) is 22.5. The van der Waals surface area contributed by atoms with Crippen molar-refractivity contribution in [1.29, 1.82) is 0 Å². The lowest BCUT2D eigenvalue weighted by molar-refractivity contribution is -0.139. The maximum atomic E-state index is 13.0. The van der Waals surface area contributed by atoms with E-state index in [9.17, 15) is 14.4 Å². The van der Waals surface area contributed by atoms with Gasteiger partial charge in [0.2, 0.25) is 0 Å². The van der Waals surface area contributed by atoms with Gasteiger partial charge in [-0.15, -0.1) is 0 Å². The summed E-state index contributed by atoms with van der Waals surface area (Å²) in [5.41, 5.74) is 4.69. The van der Waals surface area contributed by atoms with Crippen molar-refractivity contribution in [2.45, 2.75) is 44.9 Å². The number of ketones is 1. The molecule has 0 aliphatic heterocycles. The van der Waals surface area contributed by atoms with E-state index in [1.165, 1.54) is 0 Å². The second kappa shape index (κ2) is 9.56. The third-order valence-electron chi connectivity index (χ3n) is 5.77. The molecule has 2 atom stereocenters. The zero-order valence-electron chi connectivity index (χ0n) is 17.7. The number of carboxylic acids is 2. The standard InChI is InChI=1S/C26H26O5/c1-16(25(28)29)20-10-6-18(7-11-20)14-22-4-3-5-23(24(22)27)15-19-8-12-21(13-9-19)17(2)26(30)31/h6-17H,3-5H2,1-2H3,(H,28,29)(H,30,31). The van der Waals surface area contributed by atoms with Crippen LogP contribution in [0.1, 0.15) is 67.2 Å². The number of rotatable bonds is 6. The van der Waals surface area contributed by atoms with E-state index in [0.717, 1.165) is 39.8 Å². The molecule has 5 heteroatoms. The summed E-state index contributed by atoms with van der Waals surface area (Å²) in [5.74, 6) is -2.85. The van der Waals surface area contributed by atoms with Crippen LogP contribution >= 0.6 is 0 Å². The van der Waals surface area contributed by atoms with Crippen molar-refractivity contribution in [2.24, 2.45) is 0 Å². The van der Waals surface area contributed by atoms with Crippen molar-refractivity contribution < 1.29 is 24.6 Å². The molecule has 0 amide bonds. The molecule has 1 fully saturated rings. The molecule has 2 aromatic rings. The Kier molecular flexibility index (Phi) is 6.85. The second-order valence-electron chi connectivity index (χ2n) is 7.98. The summed E-state index contributed by atoms with van der Waals surface area (Å²) >= 11 is 0. The summed E-state index contributed by atoms with van der Waals surface area (Å²) in [4.78, 5) is 35.2. The fourth-order valence-corrected chi connectivity index (χ4v) is 3.63. The molecule has 0 radical (unpaired) electrons. The maximum Gasteiger partial charge on any atom is 0.310 e. The Balaban J connectivity index is 1.78. The largest absolute Gasteiger partial charge is 0.481 e. The quantitative estimate of drug-likeness (QED) is 0.623. The van der Waals surface area contributed by atoms with Gasteiger partial charge in [0.1, 0.15) is 0 Å². The Bertz CT molecular complexity index is 959. The fourth-order valence-electron chi connectivity index (χ4n) is 3.63. The van der Waals surface area contributed by atoms with Gasteiger partial charge in [0.05, 0.1) is 11.8 Å². The molecule has 0 aromatic heterocycles. The van der Waals surface area contributed by atoms with Gasteiger partial charge in [-0.05, 0) is 67.5 Å². The van der Waals surface area contributed by atoms with Crippen molar-refractivity contribution in [1.82, 2.24) is 0 Å². The van der Waals surface area contributed by atoms with Gasteiger partial charge in [0.15, 0.2) is 5.78 Å². The first-order valence-electron chi connectivity index (χ1n) is 10.4. The first-order chi connectivity index (χ1) is 14.8. The van der Waals surface area contributed by atoms with E-state index in [1.807, 2.05) is 36.4 Å². The SMILES string of the molecule is CC(C(=O)O)c1ccc(C=C2CCCC(=Cc3ccc(C(C)C(=O)O)cc3)C2=O)cc1. The van der Waals surface area contributed by atoms with Gasteiger partial charge in [-0.3, -0.25) is 14.4 Å². The molecule has 31 heavy (non-hydrogen) atoms. The predicted octanol–water partition coefficient (Wildman–Crippen LogP) is 5.28. The van der Waals surface area contributed by atoms with Crippen molar-refractivity contribution in [3.05, 3.63) is 81.9 Å². The smallest absolute Gasteiger partial charge is 0.310 e. The van der Waals surface area contributed by atoms with Crippen molar-refractivity contribution in [3.8, 4) is 0 Å². The van der Waals surface area contributed by atoms with Crippen LogP contribution in [0.4, 0.5) is 0 Å². The lowest BCUT2D eigenvalue weighted by Gasteiger charge is -2.17. The first-order valence-corrected chi connectivity index (χ1v) is 10.4. The van der Waals surface area contributed by atoms with E-state index in [4.69, 9.17) is 10.2 Å². The van der Waals surface area contributed by atoms with Gasteiger partial charge in [-0.1, -0.05) is 48.5 Å². The van der Waals surface area contributed by atoms with Crippen LogP contribution in [0.5, 0.6) is 0 Å². The molecular weight excluding hydrogens is 392 g/mol.